The molecule has 0 saturated carbocycles. The molecule has 0 atom stereocenters. The first kappa shape index (κ1) is 46.7. The van der Waals surface area contributed by atoms with E-state index in [4.69, 9.17) is 0 Å². The molecule has 374 valence electrons. The second-order valence-corrected chi connectivity index (χ2v) is 20.8. The van der Waals surface area contributed by atoms with Gasteiger partial charge in [-0.25, -0.2) is 0 Å². The minimum absolute atomic E-state index is 1.09. The Morgan fingerprint density at radius 3 is 0.700 bits per heavy atom. The second kappa shape index (κ2) is 19.8. The van der Waals surface area contributed by atoms with Gasteiger partial charge in [0.25, 0.3) is 0 Å². The molecule has 0 fully saturated rings. The highest BCUT2D eigenvalue weighted by Gasteiger charge is 2.21. The third kappa shape index (κ3) is 8.30. The fraction of sp³-hybridized carbons (Fsp3) is 0. The van der Waals surface area contributed by atoms with E-state index in [0.29, 0.717) is 0 Å². The lowest BCUT2D eigenvalue weighted by molar-refractivity contribution is 1.29. The van der Waals surface area contributed by atoms with Gasteiger partial charge in [-0.3, -0.25) is 0 Å². The van der Waals surface area contributed by atoms with Crippen molar-refractivity contribution in [1.29, 1.82) is 0 Å². The van der Waals surface area contributed by atoms with Crippen LogP contribution in [0.2, 0.25) is 0 Å². The molecule has 15 aromatic rings. The number of benzene rings is 15. The molecule has 0 unspecified atom stereocenters. The Balaban J connectivity index is 0.907. The molecule has 0 N–H and O–H groups in total. The summed E-state index contributed by atoms with van der Waals surface area (Å²) in [5.41, 5.74) is 16.1. The fourth-order valence-corrected chi connectivity index (χ4v) is 12.3. The van der Waals surface area contributed by atoms with Gasteiger partial charge in [0.2, 0.25) is 0 Å². The van der Waals surface area contributed by atoms with Crippen LogP contribution < -0.4 is 9.80 Å². The lowest BCUT2D eigenvalue weighted by Gasteiger charge is -2.27. The van der Waals surface area contributed by atoms with Crippen LogP contribution in [0.25, 0.3) is 109 Å². The molecule has 15 rings (SSSR count). The Hall–Kier alpha value is -10.5. The molecule has 0 aromatic heterocycles. The van der Waals surface area contributed by atoms with Gasteiger partial charge in [0.05, 0.1) is 0 Å². The van der Waals surface area contributed by atoms with Crippen molar-refractivity contribution in [2.45, 2.75) is 0 Å². The van der Waals surface area contributed by atoms with Gasteiger partial charge in [0, 0.05) is 34.1 Å². The maximum absolute atomic E-state index is 2.48. The molecule has 0 amide bonds. The molecule has 2 nitrogen and oxygen atoms in total. The zero-order valence-corrected chi connectivity index (χ0v) is 43.9. The largest absolute Gasteiger partial charge is 0.310 e. The molecule has 0 aliphatic heterocycles. The molecule has 15 aromatic carbocycles. The number of nitrogens with zero attached hydrogens (tertiary/aromatic N) is 2. The maximum atomic E-state index is 2.48. The number of rotatable bonds is 10. The van der Waals surface area contributed by atoms with E-state index in [1.165, 1.54) is 109 Å². The Labute approximate surface area is 465 Å². The first-order chi connectivity index (χ1) is 39.7. The van der Waals surface area contributed by atoms with E-state index < -0.39 is 0 Å². The SMILES string of the molecule is c1ccc(-c2ccc(N(c3cccc(-c4ccccc4)c3)c3ccc4c(c3)c3ccccc3c3cc5c6ccc(N(c7ccc(-c8ccccc8)cc7)c7cccc(-c8ccccc8)c7)cc6c6ccccc6c5cc43)cc2)cc1. The van der Waals surface area contributed by atoms with Gasteiger partial charge in [-0.1, -0.05) is 231 Å². The predicted octanol–water partition coefficient (Wildman–Crippen LogP) is 22.2. The topological polar surface area (TPSA) is 6.48 Å². The van der Waals surface area contributed by atoms with Crippen LogP contribution in [0.15, 0.2) is 315 Å². The quantitative estimate of drug-likeness (QED) is 0.0995. The van der Waals surface area contributed by atoms with E-state index in [-0.39, 0.29) is 0 Å². The summed E-state index contributed by atoms with van der Waals surface area (Å²) in [7, 11) is 0. The summed E-state index contributed by atoms with van der Waals surface area (Å²) in [6.45, 7) is 0. The number of anilines is 6. The first-order valence-corrected chi connectivity index (χ1v) is 27.6. The molecule has 0 bridgehead atoms. The molecule has 0 aliphatic carbocycles. The second-order valence-electron chi connectivity index (χ2n) is 20.8. The van der Waals surface area contributed by atoms with Crippen LogP contribution in [0.5, 0.6) is 0 Å². The Morgan fingerprint density at radius 2 is 0.362 bits per heavy atom. The van der Waals surface area contributed by atoms with Gasteiger partial charge < -0.3 is 9.80 Å². The van der Waals surface area contributed by atoms with Gasteiger partial charge in [-0.05, 0) is 194 Å². The predicted molar refractivity (Wildman–Crippen MR) is 343 cm³/mol. The normalized spacial score (nSPS) is 11.5. The third-order valence-electron chi connectivity index (χ3n) is 16.2. The average Bonchev–Trinajstić information content (AvgIpc) is 3.62. The van der Waals surface area contributed by atoms with Crippen molar-refractivity contribution in [2.24, 2.45) is 0 Å². The van der Waals surface area contributed by atoms with Gasteiger partial charge in [0.15, 0.2) is 0 Å². The minimum atomic E-state index is 1.09. The molecule has 0 aliphatic rings. The van der Waals surface area contributed by atoms with E-state index in [1.807, 2.05) is 0 Å². The zero-order valence-electron chi connectivity index (χ0n) is 43.9. The monoisotopic (exact) mass is 1020 g/mol. The Kier molecular flexibility index (Phi) is 11.6. The molecular weight excluding hydrogens is 965 g/mol. The van der Waals surface area contributed by atoms with Gasteiger partial charge in [-0.15, -0.1) is 0 Å². The zero-order chi connectivity index (χ0) is 52.9. The lowest BCUT2D eigenvalue weighted by atomic mass is 9.88. The standard InChI is InChI=1S/C78H52N2/c1-5-19-53(20-6-1)57-35-39-61(40-36-57)79(63-29-17-27-59(47-63)55-23-9-3-10-24-55)65-43-45-71-73(49-65)67-31-13-15-33-69(67)75-52-78-72-46-44-66(50-74(72)68-32-14-16-34-70(68)76(78)51-77(71)75)80(62-41-37-58(38-42-62)54-21-7-2-8-22-54)64-30-18-28-60(48-64)56-25-11-4-12-26-56/h1-52H. The molecule has 0 saturated heterocycles. The molecular formula is C78H52N2. The van der Waals surface area contributed by atoms with Crippen LogP contribution in [0.3, 0.4) is 0 Å². The number of hydrogen-bond acceptors (Lipinski definition) is 2. The Bertz CT molecular complexity index is 4480. The summed E-state index contributed by atoms with van der Waals surface area (Å²) < 4.78 is 0. The van der Waals surface area contributed by atoms with Crippen LogP contribution >= 0.6 is 0 Å². The minimum Gasteiger partial charge on any atom is -0.310 e. The van der Waals surface area contributed by atoms with Crippen molar-refractivity contribution in [1.82, 2.24) is 0 Å². The van der Waals surface area contributed by atoms with Crippen molar-refractivity contribution < 1.29 is 0 Å². The van der Waals surface area contributed by atoms with Crippen molar-refractivity contribution in [3.05, 3.63) is 315 Å². The summed E-state index contributed by atoms with van der Waals surface area (Å²) in [6, 6.07) is 116. The maximum Gasteiger partial charge on any atom is 0.0468 e. The van der Waals surface area contributed by atoms with Gasteiger partial charge in [-0.2, -0.15) is 0 Å². The van der Waals surface area contributed by atoms with Crippen LogP contribution in [-0.2, 0) is 0 Å². The van der Waals surface area contributed by atoms with Crippen molar-refractivity contribution in [2.75, 3.05) is 9.80 Å². The number of fused-ring (bicyclic) bond motifs is 12. The van der Waals surface area contributed by atoms with Gasteiger partial charge in [0.1, 0.15) is 0 Å². The average molecular weight is 1020 g/mol. The van der Waals surface area contributed by atoms with Gasteiger partial charge >= 0.3 is 0 Å². The van der Waals surface area contributed by atoms with Crippen LogP contribution in [-0.4, -0.2) is 0 Å². The highest BCUT2D eigenvalue weighted by atomic mass is 15.1. The van der Waals surface area contributed by atoms with Crippen molar-refractivity contribution in [3.63, 3.8) is 0 Å². The summed E-state index contributed by atoms with van der Waals surface area (Å²) in [6.07, 6.45) is 0. The fourth-order valence-electron chi connectivity index (χ4n) is 12.3. The van der Waals surface area contributed by atoms with E-state index in [2.05, 4.69) is 325 Å². The Morgan fingerprint density at radius 1 is 0.125 bits per heavy atom. The lowest BCUT2D eigenvalue weighted by Crippen LogP contribution is -2.10. The van der Waals surface area contributed by atoms with E-state index >= 15 is 0 Å². The summed E-state index contributed by atoms with van der Waals surface area (Å²) in [5.74, 6) is 0. The van der Waals surface area contributed by atoms with E-state index in [9.17, 15) is 0 Å². The molecule has 2 heteroatoms. The van der Waals surface area contributed by atoms with Crippen LogP contribution in [0.1, 0.15) is 0 Å². The third-order valence-corrected chi connectivity index (χ3v) is 16.2. The molecule has 0 spiro atoms. The molecule has 80 heavy (non-hydrogen) atoms. The molecule has 0 heterocycles. The summed E-state index contributed by atoms with van der Waals surface area (Å²) in [4.78, 5) is 4.82. The first-order valence-electron chi connectivity index (χ1n) is 27.6. The summed E-state index contributed by atoms with van der Waals surface area (Å²) >= 11 is 0. The smallest absolute Gasteiger partial charge is 0.0468 e. The molecule has 0 radical (unpaired) electrons. The van der Waals surface area contributed by atoms with Crippen molar-refractivity contribution >= 4 is 98.8 Å². The van der Waals surface area contributed by atoms with E-state index in [0.717, 1.165) is 34.1 Å². The summed E-state index contributed by atoms with van der Waals surface area (Å²) in [5, 5.41) is 14.8. The van der Waals surface area contributed by atoms with Crippen molar-refractivity contribution in [3.8, 4) is 44.5 Å². The highest BCUT2D eigenvalue weighted by molar-refractivity contribution is 6.33. The van der Waals surface area contributed by atoms with Crippen LogP contribution in [0.4, 0.5) is 34.1 Å². The highest BCUT2D eigenvalue weighted by Crippen LogP contribution is 2.47. The number of hydrogen-bond donors (Lipinski definition) is 0. The van der Waals surface area contributed by atoms with Crippen LogP contribution in [0, 0.1) is 0 Å². The van der Waals surface area contributed by atoms with E-state index in [1.54, 1.807) is 0 Å².